The molecule has 3 unspecified atom stereocenters. The molecule has 0 bridgehead atoms. The third-order valence-corrected chi connectivity index (χ3v) is 13.6. The summed E-state index contributed by atoms with van der Waals surface area (Å²) in [6, 6.07) is 28.1. The molecule has 0 saturated carbocycles. The smallest absolute Gasteiger partial charge is 0.870 e. The average Bonchev–Trinajstić information content (AvgIpc) is 0.845. The largest absolute Gasteiger partial charge is 1.00 e. The van der Waals surface area contributed by atoms with Crippen molar-refractivity contribution in [2.24, 2.45) is 4.99 Å². The van der Waals surface area contributed by atoms with Gasteiger partial charge in [0, 0.05) is 86.8 Å². The molecule has 5 N–H and O–H groups in total. The molecule has 89 heavy (non-hydrogen) atoms. The van der Waals surface area contributed by atoms with E-state index in [1.807, 2.05) is 32.9 Å². The number of nitrogens with zero attached hydrogens (tertiary/aromatic N) is 6. The van der Waals surface area contributed by atoms with Gasteiger partial charge in [0.1, 0.15) is 22.9 Å². The van der Waals surface area contributed by atoms with Crippen LogP contribution in [0.5, 0.6) is 0 Å². The second-order valence-corrected chi connectivity index (χ2v) is 24.0. The molecular formula is C64H77Cl2LiN10O12. The van der Waals surface area contributed by atoms with Crippen LogP contribution in [0.2, 0.25) is 10.0 Å². The summed E-state index contributed by atoms with van der Waals surface area (Å²) >= 11 is 12.5. The van der Waals surface area contributed by atoms with Gasteiger partial charge in [0.15, 0.2) is 12.1 Å². The fraction of sp³-hybridized carbons (Fsp3) is 0.375. The number of amidine groups is 1. The summed E-state index contributed by atoms with van der Waals surface area (Å²) in [5.74, 6) is -2.28. The average molecular weight is 1260 g/mol. The number of alkyl carbamates (subject to hydrolysis) is 2. The minimum absolute atomic E-state index is 0. The van der Waals surface area contributed by atoms with Crippen LogP contribution in [0, 0.1) is 20.8 Å². The summed E-state index contributed by atoms with van der Waals surface area (Å²) in [6.45, 7) is 16.8. The molecule has 1 aliphatic heterocycles. The number of aromatic nitrogens is 2. The number of carbonyl (C=O) groups excluding carboxylic acids is 7. The molecule has 1 aliphatic rings. The molecule has 7 rings (SSSR count). The van der Waals surface area contributed by atoms with Crippen molar-refractivity contribution in [3.63, 3.8) is 0 Å². The first kappa shape index (κ1) is 73.2. The second-order valence-electron chi connectivity index (χ2n) is 23.2. The number of hydrogen-bond donors (Lipinski definition) is 4. The van der Waals surface area contributed by atoms with Crippen LogP contribution < -0.4 is 40.4 Å². The van der Waals surface area contributed by atoms with Crippen LogP contribution in [0.25, 0.3) is 10.9 Å². The van der Waals surface area contributed by atoms with Crippen LogP contribution in [-0.4, -0.2) is 154 Å². The summed E-state index contributed by atoms with van der Waals surface area (Å²) in [5, 5.41) is 9.66. The summed E-state index contributed by atoms with van der Waals surface area (Å²) in [5.41, 5.74) is 3.48. The molecule has 6 aromatic rings. The molecule has 25 heteroatoms. The third-order valence-electron chi connectivity index (χ3n) is 13.1. The number of halogens is 2. The van der Waals surface area contributed by atoms with Crippen LogP contribution in [0.3, 0.4) is 0 Å². The Morgan fingerprint density at radius 2 is 1.03 bits per heavy atom. The van der Waals surface area contributed by atoms with Crippen molar-refractivity contribution in [3.8, 4) is 0 Å². The molecule has 22 nitrogen and oxygen atoms in total. The van der Waals surface area contributed by atoms with Crippen molar-refractivity contribution in [2.45, 2.75) is 105 Å². The monoisotopic (exact) mass is 1250 g/mol. The molecule has 0 saturated heterocycles. The Hall–Kier alpha value is -8.26. The maximum absolute atomic E-state index is 14.2. The van der Waals surface area contributed by atoms with Gasteiger partial charge in [-0.2, -0.15) is 0 Å². The van der Waals surface area contributed by atoms with E-state index in [0.29, 0.717) is 55.3 Å². The van der Waals surface area contributed by atoms with E-state index in [0.717, 1.165) is 16.7 Å². The zero-order valence-electron chi connectivity index (χ0n) is 52.7. The van der Waals surface area contributed by atoms with Gasteiger partial charge >= 0.3 is 37.0 Å². The Morgan fingerprint density at radius 3 is 1.49 bits per heavy atom. The van der Waals surface area contributed by atoms with Gasteiger partial charge in [0.05, 0.1) is 16.5 Å². The summed E-state index contributed by atoms with van der Waals surface area (Å²) < 4.78 is 16.5. The van der Waals surface area contributed by atoms with Gasteiger partial charge in [-0.1, -0.05) is 76.3 Å². The summed E-state index contributed by atoms with van der Waals surface area (Å²) in [6.07, 6.45) is -1.74. The van der Waals surface area contributed by atoms with Crippen LogP contribution in [-0.2, 0) is 23.8 Å². The molecule has 0 radical (unpaired) electrons. The van der Waals surface area contributed by atoms with Crippen molar-refractivity contribution >= 4 is 87.4 Å². The molecule has 1 aromatic heterocycles. The van der Waals surface area contributed by atoms with Gasteiger partial charge in [-0.3, -0.25) is 24.0 Å². The fourth-order valence-corrected chi connectivity index (χ4v) is 9.12. The number of aromatic amines is 1. The maximum atomic E-state index is 14.2. The normalized spacial score (nSPS) is 13.1. The summed E-state index contributed by atoms with van der Waals surface area (Å²) in [4.78, 5) is 124. The Labute approximate surface area is 540 Å². The standard InChI is InChI=1S/C36H42ClN5O6.C28H34ClN5O5.Li.H2O/c1-22-9-13-24(14-10-22)32(43)42(20-8-19-38-35(46)48-36(3,4)5)29(33(44)41(6)7)30-39-28-21-26(37)17-18-27(28)31(40-30)47-34(45)25-15-11-23(2)12-16-25;1-17-8-10-18(11-9-17)25(36)34(15-7-14-30-27(38)39-28(2,3)4)22(26(37)33(5)6)23-31-21-16-19(29)12-13-20(21)24(35)32-23;;/h9-18,21,29,31H,8,19-20H2,1-7H3,(H,38,46)(H,39,40);8-13,16,22H,7,14-15H2,1-6H3,(H,30,38)(H,31,32,35);;1H2/q;;+1;/p-1. The quantitative estimate of drug-likeness (QED) is 0.0290. The SMILES string of the molecule is Cc1ccc(C(=O)N(CCCNC(=O)OC(C)(C)C)C(C(=O)N(C)C)c2nc3cc(Cl)ccc3c(=O)[nH]2)cc1.Cc1ccc(C(=O)OC2N=C(C(C(=O)N(C)C)N(CCCNC(=O)OC(C)(C)C)C(=O)c3ccc(C)cc3)Nc3cc(Cl)ccc32)cc1.[Li+].[OH-]. The topological polar surface area (TPSA) is 284 Å². The van der Waals surface area contributed by atoms with Gasteiger partial charge in [-0.15, -0.1) is 0 Å². The zero-order valence-corrected chi connectivity index (χ0v) is 54.3. The van der Waals surface area contributed by atoms with Crippen molar-refractivity contribution in [3.05, 3.63) is 174 Å². The number of anilines is 1. The first-order chi connectivity index (χ1) is 40.9. The van der Waals surface area contributed by atoms with Crippen molar-refractivity contribution < 1.29 is 72.1 Å². The van der Waals surface area contributed by atoms with E-state index in [1.54, 1.807) is 161 Å². The maximum Gasteiger partial charge on any atom is 1.00 e. The van der Waals surface area contributed by atoms with Gasteiger partial charge in [0.2, 0.25) is 6.23 Å². The van der Waals surface area contributed by atoms with Crippen LogP contribution >= 0.6 is 23.2 Å². The van der Waals surface area contributed by atoms with E-state index in [1.165, 1.54) is 25.7 Å². The molecule has 5 aromatic carbocycles. The number of amides is 6. The van der Waals surface area contributed by atoms with Crippen LogP contribution in [0.1, 0.15) is 126 Å². The number of ether oxygens (including phenoxy) is 3. The van der Waals surface area contributed by atoms with E-state index in [9.17, 15) is 38.4 Å². The minimum Gasteiger partial charge on any atom is -0.870 e. The minimum atomic E-state index is -1.26. The molecule has 0 aliphatic carbocycles. The van der Waals surface area contributed by atoms with Crippen molar-refractivity contribution in [2.75, 3.05) is 59.7 Å². The summed E-state index contributed by atoms with van der Waals surface area (Å²) in [7, 11) is 6.28. The molecule has 0 spiro atoms. The molecule has 2 heterocycles. The number of carbonyl (C=O) groups is 7. The Balaban J connectivity index is 0.000000380. The van der Waals surface area contributed by atoms with E-state index < -0.39 is 76.9 Å². The first-order valence-corrected chi connectivity index (χ1v) is 28.9. The number of nitrogens with one attached hydrogen (secondary N) is 4. The number of rotatable bonds is 18. The van der Waals surface area contributed by atoms with E-state index in [2.05, 4.69) is 25.9 Å². The van der Waals surface area contributed by atoms with E-state index in [4.69, 9.17) is 42.4 Å². The number of H-pyrrole nitrogens is 1. The van der Waals surface area contributed by atoms with Crippen LogP contribution in [0.4, 0.5) is 15.3 Å². The van der Waals surface area contributed by atoms with Crippen molar-refractivity contribution in [1.29, 1.82) is 0 Å². The van der Waals surface area contributed by atoms with Gasteiger partial charge in [0.25, 0.3) is 29.2 Å². The number of aryl methyl sites for hydroxylation is 3. The predicted octanol–water partition coefficient (Wildman–Crippen LogP) is 7.05. The molecule has 0 fully saturated rings. The van der Waals surface area contributed by atoms with E-state index in [-0.39, 0.29) is 68.6 Å². The predicted molar refractivity (Wildman–Crippen MR) is 337 cm³/mol. The van der Waals surface area contributed by atoms with Crippen LogP contribution in [0.15, 0.2) is 119 Å². The van der Waals surface area contributed by atoms with Gasteiger partial charge in [-0.05, 0) is 148 Å². The van der Waals surface area contributed by atoms with Gasteiger partial charge < -0.3 is 60.2 Å². The molecule has 470 valence electrons. The molecule has 3 atom stereocenters. The second kappa shape index (κ2) is 32.3. The number of likely N-dealkylation sites (N-methyl/N-ethyl adjacent to an activating group) is 2. The van der Waals surface area contributed by atoms with Crippen molar-refractivity contribution in [1.82, 2.24) is 40.2 Å². The Morgan fingerprint density at radius 1 is 0.607 bits per heavy atom. The molecule has 6 amide bonds. The van der Waals surface area contributed by atoms with E-state index >= 15 is 0 Å². The number of fused-ring (bicyclic) bond motifs is 2. The number of esters is 1. The first-order valence-electron chi connectivity index (χ1n) is 28.1. The number of hydrogen-bond acceptors (Lipinski definition) is 15. The number of benzene rings is 5. The zero-order chi connectivity index (χ0) is 64.1. The Kier molecular flexibility index (Phi) is 26.6. The fourth-order valence-electron chi connectivity index (χ4n) is 8.78. The molecular weight excluding hydrogens is 1180 g/mol. The van der Waals surface area contributed by atoms with Gasteiger partial charge in [-0.25, -0.2) is 24.4 Å². The number of aliphatic imine (C=N–C) groups is 1. The third kappa shape index (κ3) is 20.9. The Bertz CT molecular complexity index is 3570.